The molecule has 0 bridgehead atoms. The van der Waals surface area contributed by atoms with Crippen LogP contribution in [0.25, 0.3) is 0 Å². The van der Waals surface area contributed by atoms with Crippen LogP contribution in [0, 0.1) is 11.6 Å². The maximum absolute atomic E-state index is 13.6. The van der Waals surface area contributed by atoms with Crippen molar-refractivity contribution in [1.29, 1.82) is 0 Å². The number of furan rings is 1. The van der Waals surface area contributed by atoms with Crippen LogP contribution in [0.2, 0.25) is 0 Å². The first-order chi connectivity index (χ1) is 9.09. The van der Waals surface area contributed by atoms with Crippen molar-refractivity contribution in [3.05, 3.63) is 53.5 Å². The molecule has 0 unspecified atom stereocenters. The molecule has 2 aromatic rings. The van der Waals surface area contributed by atoms with Crippen LogP contribution in [0.4, 0.5) is 14.5 Å². The van der Waals surface area contributed by atoms with Crippen LogP contribution >= 0.6 is 0 Å². The molecule has 0 fully saturated rings. The Kier molecular flexibility index (Phi) is 3.79. The first kappa shape index (κ1) is 13.1. The van der Waals surface area contributed by atoms with E-state index in [1.54, 1.807) is 12.1 Å². The van der Waals surface area contributed by atoms with Gasteiger partial charge in [0, 0.05) is 13.0 Å². The van der Waals surface area contributed by atoms with Crippen LogP contribution in [-0.2, 0) is 6.42 Å². The predicted octanol–water partition coefficient (Wildman–Crippen LogP) is 2.11. The van der Waals surface area contributed by atoms with E-state index in [9.17, 15) is 13.6 Å². The molecular formula is C13H12F2N2O2. The lowest BCUT2D eigenvalue weighted by Crippen LogP contribution is -2.27. The molecular weight excluding hydrogens is 254 g/mol. The van der Waals surface area contributed by atoms with Gasteiger partial charge in [0.15, 0.2) is 5.82 Å². The molecule has 100 valence electrons. The van der Waals surface area contributed by atoms with Crippen molar-refractivity contribution in [2.24, 2.45) is 0 Å². The zero-order chi connectivity index (χ0) is 13.8. The van der Waals surface area contributed by atoms with Crippen LogP contribution in [0.3, 0.4) is 0 Å². The minimum Gasteiger partial charge on any atom is -0.469 e. The van der Waals surface area contributed by atoms with E-state index < -0.39 is 23.1 Å². The number of nitrogens with one attached hydrogen (secondary N) is 1. The van der Waals surface area contributed by atoms with Gasteiger partial charge < -0.3 is 15.5 Å². The Morgan fingerprint density at radius 3 is 2.79 bits per heavy atom. The van der Waals surface area contributed by atoms with Crippen molar-refractivity contribution in [2.75, 3.05) is 12.3 Å². The summed E-state index contributed by atoms with van der Waals surface area (Å²) in [4.78, 5) is 11.7. The summed E-state index contributed by atoms with van der Waals surface area (Å²) in [6.07, 6.45) is 1.94. The van der Waals surface area contributed by atoms with E-state index in [1.165, 1.54) is 6.26 Å². The average Bonchev–Trinajstić information content (AvgIpc) is 2.87. The molecule has 1 aromatic heterocycles. The Morgan fingerprint density at radius 2 is 2.11 bits per heavy atom. The molecule has 0 saturated carbocycles. The van der Waals surface area contributed by atoms with Crippen LogP contribution < -0.4 is 11.1 Å². The summed E-state index contributed by atoms with van der Waals surface area (Å²) < 4.78 is 32.0. The molecule has 0 radical (unpaired) electrons. The van der Waals surface area contributed by atoms with Crippen LogP contribution in [0.1, 0.15) is 16.1 Å². The fourth-order valence-electron chi connectivity index (χ4n) is 1.62. The number of carbonyl (C=O) groups excluding carboxylic acids is 1. The fraction of sp³-hybridized carbons (Fsp3) is 0.154. The third-order valence-electron chi connectivity index (χ3n) is 2.59. The summed E-state index contributed by atoms with van der Waals surface area (Å²) in [7, 11) is 0. The van der Waals surface area contributed by atoms with Crippen LogP contribution in [-0.4, -0.2) is 12.5 Å². The number of hydrogen-bond donors (Lipinski definition) is 2. The lowest BCUT2D eigenvalue weighted by molar-refractivity contribution is 0.0945. The minimum atomic E-state index is -1.05. The molecule has 3 N–H and O–H groups in total. The van der Waals surface area contributed by atoms with Gasteiger partial charge in [0.25, 0.3) is 5.91 Å². The van der Waals surface area contributed by atoms with Crippen molar-refractivity contribution in [1.82, 2.24) is 5.32 Å². The highest BCUT2D eigenvalue weighted by Gasteiger charge is 2.19. The van der Waals surface area contributed by atoms with Crippen molar-refractivity contribution < 1.29 is 18.0 Å². The van der Waals surface area contributed by atoms with E-state index in [-0.39, 0.29) is 12.2 Å². The molecule has 1 amide bonds. The molecule has 0 aliphatic carbocycles. The van der Waals surface area contributed by atoms with E-state index in [2.05, 4.69) is 5.32 Å². The summed E-state index contributed by atoms with van der Waals surface area (Å²) in [5, 5.41) is 2.41. The Bertz CT molecular complexity index is 583. The van der Waals surface area contributed by atoms with Crippen LogP contribution in [0.5, 0.6) is 0 Å². The lowest BCUT2D eigenvalue weighted by atomic mass is 10.1. The second kappa shape index (κ2) is 5.51. The normalized spacial score (nSPS) is 10.4. The largest absolute Gasteiger partial charge is 0.469 e. The van der Waals surface area contributed by atoms with Gasteiger partial charge in [0.2, 0.25) is 0 Å². The molecule has 1 aromatic carbocycles. The highest BCUT2D eigenvalue weighted by atomic mass is 19.1. The molecule has 0 spiro atoms. The molecule has 0 saturated heterocycles. The average molecular weight is 266 g/mol. The van der Waals surface area contributed by atoms with E-state index >= 15 is 0 Å². The van der Waals surface area contributed by atoms with Crippen molar-refractivity contribution in [2.45, 2.75) is 6.42 Å². The topological polar surface area (TPSA) is 68.3 Å². The standard InChI is InChI=1S/C13H12F2N2O2/c14-9-3-4-10(16)12(15)11(9)13(18)17-6-5-8-2-1-7-19-8/h1-4,7H,5-6,16H2,(H,17,18). The summed E-state index contributed by atoms with van der Waals surface area (Å²) in [5.74, 6) is -2.15. The Balaban J connectivity index is 2.02. The maximum Gasteiger partial charge on any atom is 0.257 e. The summed E-state index contributed by atoms with van der Waals surface area (Å²) in [6.45, 7) is 0.208. The van der Waals surface area contributed by atoms with Gasteiger partial charge in [-0.25, -0.2) is 8.78 Å². The lowest BCUT2D eigenvalue weighted by Gasteiger charge is -2.07. The van der Waals surface area contributed by atoms with Crippen molar-refractivity contribution in [3.63, 3.8) is 0 Å². The van der Waals surface area contributed by atoms with Gasteiger partial charge in [0.1, 0.15) is 17.1 Å². The van der Waals surface area contributed by atoms with Gasteiger partial charge in [-0.15, -0.1) is 0 Å². The first-order valence-corrected chi connectivity index (χ1v) is 5.63. The maximum atomic E-state index is 13.6. The number of benzene rings is 1. The third-order valence-corrected chi connectivity index (χ3v) is 2.59. The highest BCUT2D eigenvalue weighted by molar-refractivity contribution is 5.95. The number of carbonyl (C=O) groups is 1. The van der Waals surface area contributed by atoms with Gasteiger partial charge >= 0.3 is 0 Å². The molecule has 0 atom stereocenters. The Hall–Kier alpha value is -2.37. The van der Waals surface area contributed by atoms with Crippen LogP contribution in [0.15, 0.2) is 34.9 Å². The number of anilines is 1. The SMILES string of the molecule is Nc1ccc(F)c(C(=O)NCCc2ccco2)c1F. The quantitative estimate of drug-likeness (QED) is 0.833. The smallest absolute Gasteiger partial charge is 0.257 e. The van der Waals surface area contributed by atoms with E-state index in [1.807, 2.05) is 0 Å². The summed E-state index contributed by atoms with van der Waals surface area (Å²) in [6, 6.07) is 5.49. The number of hydrogen-bond acceptors (Lipinski definition) is 3. The molecule has 2 rings (SSSR count). The molecule has 1 heterocycles. The fourth-order valence-corrected chi connectivity index (χ4v) is 1.62. The van der Waals surface area contributed by atoms with Crippen molar-refractivity contribution >= 4 is 11.6 Å². The van der Waals surface area contributed by atoms with E-state index in [4.69, 9.17) is 10.2 Å². The number of amides is 1. The molecule has 0 aliphatic heterocycles. The van der Waals surface area contributed by atoms with Crippen molar-refractivity contribution in [3.8, 4) is 0 Å². The number of nitrogens with two attached hydrogens (primary N) is 1. The number of rotatable bonds is 4. The van der Waals surface area contributed by atoms with E-state index in [0.29, 0.717) is 12.2 Å². The second-order valence-electron chi connectivity index (χ2n) is 3.91. The zero-order valence-corrected chi connectivity index (χ0v) is 9.95. The zero-order valence-electron chi connectivity index (χ0n) is 9.95. The Labute approximate surface area is 108 Å². The van der Waals surface area contributed by atoms with Gasteiger partial charge in [-0.3, -0.25) is 4.79 Å². The summed E-state index contributed by atoms with van der Waals surface area (Å²) in [5.41, 5.74) is 4.36. The third kappa shape index (κ3) is 2.90. The molecule has 19 heavy (non-hydrogen) atoms. The second-order valence-corrected chi connectivity index (χ2v) is 3.91. The Morgan fingerprint density at radius 1 is 1.32 bits per heavy atom. The number of nitrogen functional groups attached to an aromatic ring is 1. The number of halogens is 2. The molecule has 4 nitrogen and oxygen atoms in total. The summed E-state index contributed by atoms with van der Waals surface area (Å²) >= 11 is 0. The van der Waals surface area contributed by atoms with Gasteiger partial charge in [-0.1, -0.05) is 0 Å². The van der Waals surface area contributed by atoms with Gasteiger partial charge in [-0.2, -0.15) is 0 Å². The molecule has 6 heteroatoms. The molecule has 0 aliphatic rings. The van der Waals surface area contributed by atoms with Gasteiger partial charge in [0.05, 0.1) is 12.0 Å². The van der Waals surface area contributed by atoms with E-state index in [0.717, 1.165) is 12.1 Å². The van der Waals surface area contributed by atoms with Gasteiger partial charge in [-0.05, 0) is 24.3 Å². The monoisotopic (exact) mass is 266 g/mol. The highest BCUT2D eigenvalue weighted by Crippen LogP contribution is 2.18. The first-order valence-electron chi connectivity index (χ1n) is 5.63. The predicted molar refractivity (Wildman–Crippen MR) is 65.5 cm³/mol. The minimum absolute atomic E-state index is 0.208.